The minimum absolute atomic E-state index is 0.210. The maximum absolute atomic E-state index is 12.2. The van der Waals surface area contributed by atoms with Crippen molar-refractivity contribution in [3.8, 4) is 5.88 Å². The van der Waals surface area contributed by atoms with Crippen molar-refractivity contribution < 1.29 is 14.6 Å². The van der Waals surface area contributed by atoms with Crippen molar-refractivity contribution in [2.24, 2.45) is 4.99 Å². The number of fused-ring (bicyclic) bond motifs is 1. The molecule has 2 aromatic rings. The highest BCUT2D eigenvalue weighted by Gasteiger charge is 2.24. The van der Waals surface area contributed by atoms with E-state index >= 15 is 0 Å². The number of rotatable bonds is 4. The van der Waals surface area contributed by atoms with Crippen LogP contribution in [-0.4, -0.2) is 28.5 Å². The van der Waals surface area contributed by atoms with Crippen molar-refractivity contribution in [1.82, 2.24) is 4.57 Å². The number of aromatic nitrogens is 1. The number of esters is 1. The number of thiazole rings is 1. The summed E-state index contributed by atoms with van der Waals surface area (Å²) in [4.78, 5) is 28.4. The van der Waals surface area contributed by atoms with Crippen molar-refractivity contribution in [3.63, 3.8) is 0 Å². The average molecular weight is 423 g/mol. The molecular formula is C17H15BrN2O4S. The summed E-state index contributed by atoms with van der Waals surface area (Å²) in [6.45, 7) is 3.42. The lowest BCUT2D eigenvalue weighted by Crippen LogP contribution is -2.25. The predicted molar refractivity (Wildman–Crippen MR) is 102 cm³/mol. The second kappa shape index (κ2) is 6.97. The zero-order valence-corrected chi connectivity index (χ0v) is 15.9. The van der Waals surface area contributed by atoms with Crippen LogP contribution in [0.1, 0.15) is 30.3 Å². The summed E-state index contributed by atoms with van der Waals surface area (Å²) in [5, 5.41) is 10.4. The second-order valence-corrected chi connectivity index (χ2v) is 7.28. The lowest BCUT2D eigenvalue weighted by Gasteiger charge is -2.12. The maximum Gasteiger partial charge on any atom is 0.329 e. The number of aromatic hydroxyl groups is 1. The number of carbonyl (C=O) groups is 1. The van der Waals surface area contributed by atoms with Crippen LogP contribution < -0.4 is 4.87 Å². The van der Waals surface area contributed by atoms with Crippen molar-refractivity contribution in [2.45, 2.75) is 19.9 Å². The minimum Gasteiger partial charge on any atom is -0.493 e. The Morgan fingerprint density at radius 3 is 3.00 bits per heavy atom. The van der Waals surface area contributed by atoms with E-state index in [-0.39, 0.29) is 12.5 Å². The molecule has 2 heterocycles. The highest BCUT2D eigenvalue weighted by atomic mass is 79.9. The molecule has 1 aliphatic rings. The van der Waals surface area contributed by atoms with Crippen molar-refractivity contribution >= 4 is 56.8 Å². The van der Waals surface area contributed by atoms with Crippen LogP contribution in [0.15, 0.2) is 32.5 Å². The third kappa shape index (κ3) is 3.32. The Hall–Kier alpha value is -2.19. The lowest BCUT2D eigenvalue weighted by molar-refractivity contribution is -0.146. The van der Waals surface area contributed by atoms with Gasteiger partial charge in [-0.05, 0) is 38.1 Å². The van der Waals surface area contributed by atoms with Gasteiger partial charge in [-0.2, -0.15) is 0 Å². The monoisotopic (exact) mass is 422 g/mol. The molecule has 1 N–H and O–H groups in total. The van der Waals surface area contributed by atoms with Gasteiger partial charge in [0.15, 0.2) is 0 Å². The van der Waals surface area contributed by atoms with Crippen LogP contribution in [0, 0.1) is 0 Å². The van der Waals surface area contributed by atoms with Gasteiger partial charge in [0.05, 0.1) is 17.2 Å². The number of benzene rings is 1. The molecule has 1 unspecified atom stereocenters. The van der Waals surface area contributed by atoms with E-state index in [4.69, 9.17) is 4.74 Å². The number of hydrogen-bond acceptors (Lipinski definition) is 6. The summed E-state index contributed by atoms with van der Waals surface area (Å²) in [6.07, 6.45) is 3.37. The molecule has 1 atom stereocenters. The van der Waals surface area contributed by atoms with E-state index in [2.05, 4.69) is 20.9 Å². The first-order valence-electron chi connectivity index (χ1n) is 7.59. The zero-order chi connectivity index (χ0) is 18.1. The van der Waals surface area contributed by atoms with Crippen LogP contribution in [-0.2, 0) is 9.53 Å². The first kappa shape index (κ1) is 17.6. The van der Waals surface area contributed by atoms with Gasteiger partial charge >= 0.3 is 10.8 Å². The van der Waals surface area contributed by atoms with Gasteiger partial charge in [-0.25, -0.2) is 4.79 Å². The lowest BCUT2D eigenvalue weighted by atomic mass is 10.1. The first-order valence-corrected chi connectivity index (χ1v) is 9.20. The molecule has 0 bridgehead atoms. The highest BCUT2D eigenvalue weighted by Crippen LogP contribution is 2.36. The fourth-order valence-electron chi connectivity index (χ4n) is 2.51. The molecule has 8 heteroatoms. The van der Waals surface area contributed by atoms with Gasteiger partial charge in [0.25, 0.3) is 0 Å². The van der Waals surface area contributed by atoms with Crippen LogP contribution in [0.5, 0.6) is 5.88 Å². The van der Waals surface area contributed by atoms with Crippen LogP contribution >= 0.6 is 27.3 Å². The topological polar surface area (TPSA) is 80.9 Å². The third-order valence-electron chi connectivity index (χ3n) is 3.76. The van der Waals surface area contributed by atoms with Crippen molar-refractivity contribution in [2.75, 3.05) is 6.61 Å². The van der Waals surface area contributed by atoms with E-state index in [0.29, 0.717) is 4.88 Å². The summed E-state index contributed by atoms with van der Waals surface area (Å²) >= 11 is 4.29. The fourth-order valence-corrected chi connectivity index (χ4v) is 3.78. The smallest absolute Gasteiger partial charge is 0.329 e. The van der Waals surface area contributed by atoms with E-state index in [1.54, 1.807) is 19.2 Å². The number of aliphatic imine (C=N–C) groups is 1. The first-order chi connectivity index (χ1) is 11.9. The Morgan fingerprint density at radius 2 is 2.28 bits per heavy atom. The zero-order valence-electron chi connectivity index (χ0n) is 13.5. The standard InChI is InChI=1S/C17H15BrN2O4S/c1-3-24-16(22)9(2)20-15(21)14(25-17(20)23)6-10-8-19-13-5-4-11(18)7-12(10)13/h4-9,21H,3H2,1-2H3. The van der Waals surface area contributed by atoms with Gasteiger partial charge in [0.1, 0.15) is 6.04 Å². The number of halogens is 1. The van der Waals surface area contributed by atoms with Gasteiger partial charge < -0.3 is 9.84 Å². The minimum atomic E-state index is -0.894. The van der Waals surface area contributed by atoms with Crippen molar-refractivity contribution in [3.05, 3.63) is 42.8 Å². The molecule has 25 heavy (non-hydrogen) atoms. The van der Waals surface area contributed by atoms with E-state index in [1.165, 1.54) is 6.92 Å². The van der Waals surface area contributed by atoms with Gasteiger partial charge in [0.2, 0.25) is 5.88 Å². The number of nitrogens with zero attached hydrogens (tertiary/aromatic N) is 2. The molecule has 6 nitrogen and oxygen atoms in total. The highest BCUT2D eigenvalue weighted by molar-refractivity contribution is 9.10. The molecular weight excluding hydrogens is 408 g/mol. The molecule has 0 fully saturated rings. The van der Waals surface area contributed by atoms with Crippen LogP contribution in [0.3, 0.4) is 0 Å². The number of carbonyl (C=O) groups excluding carboxylic acids is 1. The number of hydrogen-bond donors (Lipinski definition) is 1. The SMILES string of the molecule is CCOC(=O)C(C)n1c(O)c(C=C2C=Nc3ccc(Br)cc32)sc1=O. The van der Waals surface area contributed by atoms with Gasteiger partial charge in [0, 0.05) is 21.8 Å². The summed E-state index contributed by atoms with van der Waals surface area (Å²) in [5.74, 6) is -0.812. The predicted octanol–water partition coefficient (Wildman–Crippen LogP) is 3.76. The molecule has 3 rings (SSSR count). The van der Waals surface area contributed by atoms with E-state index < -0.39 is 16.9 Å². The fraction of sp³-hybridized carbons (Fsp3) is 0.235. The molecule has 0 spiro atoms. The molecule has 0 saturated heterocycles. The van der Waals surface area contributed by atoms with Crippen LogP contribution in [0.25, 0.3) is 11.6 Å². The maximum atomic E-state index is 12.2. The molecule has 0 amide bonds. The Balaban J connectivity index is 2.01. The third-order valence-corrected chi connectivity index (χ3v) is 5.14. The Bertz CT molecular complexity index is 958. The van der Waals surface area contributed by atoms with E-state index in [9.17, 15) is 14.7 Å². The van der Waals surface area contributed by atoms with Crippen molar-refractivity contribution in [1.29, 1.82) is 0 Å². The Kier molecular flexibility index (Phi) is 4.91. The molecule has 0 radical (unpaired) electrons. The van der Waals surface area contributed by atoms with Crippen LogP contribution in [0.4, 0.5) is 5.69 Å². The number of ether oxygens (including phenoxy) is 1. The summed E-state index contributed by atoms with van der Waals surface area (Å²) in [7, 11) is 0. The quantitative estimate of drug-likeness (QED) is 0.760. The summed E-state index contributed by atoms with van der Waals surface area (Å²) in [6, 6.07) is 4.81. The molecule has 1 aromatic carbocycles. The molecule has 0 aliphatic carbocycles. The summed E-state index contributed by atoms with van der Waals surface area (Å²) in [5.41, 5.74) is 2.50. The van der Waals surface area contributed by atoms with Gasteiger partial charge in [-0.1, -0.05) is 27.3 Å². The Morgan fingerprint density at radius 1 is 1.52 bits per heavy atom. The molecule has 130 valence electrons. The van der Waals surface area contributed by atoms with E-state index in [1.807, 2.05) is 18.2 Å². The normalized spacial score (nSPS) is 15.4. The van der Waals surface area contributed by atoms with E-state index in [0.717, 1.165) is 37.2 Å². The number of allylic oxidation sites excluding steroid dienone is 1. The largest absolute Gasteiger partial charge is 0.493 e. The molecule has 1 aliphatic heterocycles. The van der Waals surface area contributed by atoms with Gasteiger partial charge in [-0.15, -0.1) is 0 Å². The van der Waals surface area contributed by atoms with Crippen LogP contribution in [0.2, 0.25) is 0 Å². The average Bonchev–Trinajstić information content (AvgIpc) is 3.08. The second-order valence-electron chi connectivity index (χ2n) is 5.37. The van der Waals surface area contributed by atoms with Gasteiger partial charge in [-0.3, -0.25) is 14.4 Å². The molecule has 1 aromatic heterocycles. The molecule has 0 saturated carbocycles. The summed E-state index contributed by atoms with van der Waals surface area (Å²) < 4.78 is 6.88. The Labute approximate surface area is 156 Å².